The van der Waals surface area contributed by atoms with Crippen LogP contribution in [0.15, 0.2) is 71.1 Å². The van der Waals surface area contributed by atoms with Crippen LogP contribution < -0.4 is 10.1 Å². The Labute approximate surface area is 158 Å². The van der Waals surface area contributed by atoms with E-state index in [1.54, 1.807) is 12.1 Å². The third kappa shape index (κ3) is 5.72. The predicted octanol–water partition coefficient (Wildman–Crippen LogP) is 4.33. The van der Waals surface area contributed by atoms with Crippen molar-refractivity contribution in [2.45, 2.75) is 26.7 Å². The van der Waals surface area contributed by atoms with Gasteiger partial charge in [0.15, 0.2) is 5.76 Å². The molecular formula is C22H23NO4. The van der Waals surface area contributed by atoms with E-state index < -0.39 is 0 Å². The fourth-order valence-corrected chi connectivity index (χ4v) is 2.49. The third-order valence-corrected chi connectivity index (χ3v) is 3.96. The maximum absolute atomic E-state index is 12.2. The summed E-state index contributed by atoms with van der Waals surface area (Å²) in [6.45, 7) is 3.98. The van der Waals surface area contributed by atoms with E-state index in [-0.39, 0.29) is 18.3 Å². The molecule has 0 aliphatic heterocycles. The first-order valence-electron chi connectivity index (χ1n) is 8.95. The Bertz CT molecular complexity index is 840. The predicted molar refractivity (Wildman–Crippen MR) is 102 cm³/mol. The summed E-state index contributed by atoms with van der Waals surface area (Å²) in [7, 11) is 0. The summed E-state index contributed by atoms with van der Waals surface area (Å²) in [6, 6.07) is 20.9. The summed E-state index contributed by atoms with van der Waals surface area (Å²) in [5, 5.41) is 2.86. The molecule has 1 amide bonds. The van der Waals surface area contributed by atoms with E-state index in [0.29, 0.717) is 25.5 Å². The first-order chi connectivity index (χ1) is 13.2. The Morgan fingerprint density at radius 1 is 0.926 bits per heavy atom. The van der Waals surface area contributed by atoms with Crippen LogP contribution in [0, 0.1) is 0 Å². The zero-order valence-corrected chi connectivity index (χ0v) is 15.3. The van der Waals surface area contributed by atoms with E-state index in [4.69, 9.17) is 13.9 Å². The van der Waals surface area contributed by atoms with Crippen LogP contribution in [-0.2, 0) is 24.5 Å². The van der Waals surface area contributed by atoms with Gasteiger partial charge in [-0.1, -0.05) is 42.5 Å². The molecule has 3 rings (SSSR count). The smallest absolute Gasteiger partial charge is 0.287 e. The molecule has 5 heteroatoms. The van der Waals surface area contributed by atoms with Crippen molar-refractivity contribution in [1.29, 1.82) is 0 Å². The number of furan rings is 1. The Hall–Kier alpha value is -3.05. The van der Waals surface area contributed by atoms with Crippen LogP contribution >= 0.6 is 0 Å². The molecule has 140 valence electrons. The number of carbonyl (C=O) groups excluding carboxylic acids is 1. The highest BCUT2D eigenvalue weighted by atomic mass is 16.5. The molecule has 1 heterocycles. The minimum absolute atomic E-state index is 0.251. The summed E-state index contributed by atoms with van der Waals surface area (Å²) < 4.78 is 16.6. The molecule has 0 saturated carbocycles. The summed E-state index contributed by atoms with van der Waals surface area (Å²) >= 11 is 0. The number of para-hydroxylation sites is 1. The van der Waals surface area contributed by atoms with Gasteiger partial charge in [-0.3, -0.25) is 4.79 Å². The number of amides is 1. The molecule has 2 aromatic carbocycles. The summed E-state index contributed by atoms with van der Waals surface area (Å²) in [5.41, 5.74) is 2.13. The average Bonchev–Trinajstić information content (AvgIpc) is 3.20. The van der Waals surface area contributed by atoms with Gasteiger partial charge in [-0.15, -0.1) is 0 Å². The van der Waals surface area contributed by atoms with Crippen molar-refractivity contribution in [2.24, 2.45) is 0 Å². The average molecular weight is 365 g/mol. The van der Waals surface area contributed by atoms with Crippen LogP contribution in [0.4, 0.5) is 0 Å². The zero-order chi connectivity index (χ0) is 18.9. The molecule has 3 aromatic rings. The monoisotopic (exact) mass is 365 g/mol. The second-order valence-electron chi connectivity index (χ2n) is 6.00. The lowest BCUT2D eigenvalue weighted by molar-refractivity contribution is 0.0919. The number of benzene rings is 2. The van der Waals surface area contributed by atoms with Crippen molar-refractivity contribution in [3.05, 3.63) is 89.4 Å². The van der Waals surface area contributed by atoms with E-state index in [1.165, 1.54) is 0 Å². The standard InChI is InChI=1S/C22H23NO4/c1-2-25-15-18-10-8-17(9-11-18)14-23-22(24)21-13-12-20(27-21)16-26-19-6-4-3-5-7-19/h3-13H,2,14-16H2,1H3,(H,23,24). The SMILES string of the molecule is CCOCc1ccc(CNC(=O)c2ccc(COc3ccccc3)o2)cc1. The number of rotatable bonds is 9. The number of nitrogens with one attached hydrogen (secondary N) is 1. The van der Waals surface area contributed by atoms with Crippen LogP contribution in [0.5, 0.6) is 5.75 Å². The molecule has 0 aliphatic carbocycles. The number of hydrogen-bond acceptors (Lipinski definition) is 4. The first kappa shape index (κ1) is 18.7. The highest BCUT2D eigenvalue weighted by molar-refractivity contribution is 5.91. The fourth-order valence-electron chi connectivity index (χ4n) is 2.49. The Balaban J connectivity index is 1.47. The molecule has 0 fully saturated rings. The minimum atomic E-state index is -0.251. The molecule has 0 atom stereocenters. The van der Waals surface area contributed by atoms with Crippen LogP contribution in [-0.4, -0.2) is 12.5 Å². The first-order valence-corrected chi connectivity index (χ1v) is 8.95. The van der Waals surface area contributed by atoms with E-state index in [1.807, 2.05) is 61.5 Å². The third-order valence-electron chi connectivity index (χ3n) is 3.96. The zero-order valence-electron chi connectivity index (χ0n) is 15.3. The van der Waals surface area contributed by atoms with Crippen LogP contribution in [0.1, 0.15) is 34.4 Å². The molecule has 5 nitrogen and oxygen atoms in total. The second kappa shape index (κ2) is 9.59. The van der Waals surface area contributed by atoms with Crippen molar-refractivity contribution in [1.82, 2.24) is 5.32 Å². The molecule has 1 N–H and O–H groups in total. The maximum Gasteiger partial charge on any atom is 0.287 e. The number of carbonyl (C=O) groups is 1. The van der Waals surface area contributed by atoms with Crippen molar-refractivity contribution >= 4 is 5.91 Å². The van der Waals surface area contributed by atoms with Gasteiger partial charge in [0.05, 0.1) is 6.61 Å². The number of ether oxygens (including phenoxy) is 2. The van der Waals surface area contributed by atoms with E-state index in [2.05, 4.69) is 5.32 Å². The van der Waals surface area contributed by atoms with E-state index in [0.717, 1.165) is 16.9 Å². The molecule has 1 aromatic heterocycles. The lowest BCUT2D eigenvalue weighted by atomic mass is 10.1. The van der Waals surface area contributed by atoms with E-state index in [9.17, 15) is 4.79 Å². The van der Waals surface area contributed by atoms with Gasteiger partial charge >= 0.3 is 0 Å². The second-order valence-corrected chi connectivity index (χ2v) is 6.00. The van der Waals surface area contributed by atoms with Crippen molar-refractivity contribution in [3.63, 3.8) is 0 Å². The van der Waals surface area contributed by atoms with Gasteiger partial charge in [0.2, 0.25) is 0 Å². The Kier molecular flexibility index (Phi) is 6.66. The van der Waals surface area contributed by atoms with Gasteiger partial charge in [0.25, 0.3) is 5.91 Å². The molecular weight excluding hydrogens is 342 g/mol. The molecule has 0 saturated heterocycles. The largest absolute Gasteiger partial charge is 0.486 e. The minimum Gasteiger partial charge on any atom is -0.486 e. The van der Waals surface area contributed by atoms with Gasteiger partial charge in [-0.05, 0) is 42.3 Å². The Morgan fingerprint density at radius 2 is 1.67 bits per heavy atom. The summed E-state index contributed by atoms with van der Waals surface area (Å²) in [4.78, 5) is 12.2. The van der Waals surface area contributed by atoms with Gasteiger partial charge in [-0.25, -0.2) is 0 Å². The lowest BCUT2D eigenvalue weighted by Gasteiger charge is -2.06. The van der Waals surface area contributed by atoms with Gasteiger partial charge in [0, 0.05) is 13.2 Å². The van der Waals surface area contributed by atoms with Crippen molar-refractivity contribution in [3.8, 4) is 5.75 Å². The van der Waals surface area contributed by atoms with Crippen LogP contribution in [0.25, 0.3) is 0 Å². The fraction of sp³-hybridized carbons (Fsp3) is 0.227. The normalized spacial score (nSPS) is 10.6. The molecule has 0 spiro atoms. The quantitative estimate of drug-likeness (QED) is 0.613. The molecule has 0 radical (unpaired) electrons. The molecule has 27 heavy (non-hydrogen) atoms. The summed E-state index contributed by atoms with van der Waals surface area (Å²) in [6.07, 6.45) is 0. The molecule has 0 unspecified atom stereocenters. The topological polar surface area (TPSA) is 60.7 Å². The lowest BCUT2D eigenvalue weighted by Crippen LogP contribution is -2.22. The highest BCUT2D eigenvalue weighted by Crippen LogP contribution is 2.14. The van der Waals surface area contributed by atoms with Crippen molar-refractivity contribution in [2.75, 3.05) is 6.61 Å². The molecule has 0 bridgehead atoms. The Morgan fingerprint density at radius 3 is 2.41 bits per heavy atom. The van der Waals surface area contributed by atoms with E-state index >= 15 is 0 Å². The van der Waals surface area contributed by atoms with Crippen LogP contribution in [0.3, 0.4) is 0 Å². The van der Waals surface area contributed by atoms with Crippen LogP contribution in [0.2, 0.25) is 0 Å². The van der Waals surface area contributed by atoms with Crippen molar-refractivity contribution < 1.29 is 18.7 Å². The van der Waals surface area contributed by atoms with Gasteiger partial charge in [-0.2, -0.15) is 0 Å². The summed E-state index contributed by atoms with van der Waals surface area (Å²) in [5.74, 6) is 1.38. The molecule has 0 aliphatic rings. The highest BCUT2D eigenvalue weighted by Gasteiger charge is 2.11. The maximum atomic E-state index is 12.2. The van der Waals surface area contributed by atoms with Gasteiger partial charge in [0.1, 0.15) is 18.1 Å². The number of hydrogen-bond donors (Lipinski definition) is 1. The van der Waals surface area contributed by atoms with Gasteiger partial charge < -0.3 is 19.2 Å².